The molecule has 2 heteroatoms. The lowest BCUT2D eigenvalue weighted by Gasteiger charge is -2.33. The van der Waals surface area contributed by atoms with Crippen LogP contribution in [0.4, 0.5) is 0 Å². The lowest BCUT2D eigenvalue weighted by molar-refractivity contribution is 0.668. The van der Waals surface area contributed by atoms with Gasteiger partial charge in [-0.25, -0.2) is 0 Å². The van der Waals surface area contributed by atoms with Crippen LogP contribution < -0.4 is 0 Å². The van der Waals surface area contributed by atoms with E-state index < -0.39 is 5.41 Å². The summed E-state index contributed by atoms with van der Waals surface area (Å²) in [5.74, 6) is 0. The van der Waals surface area contributed by atoms with Crippen molar-refractivity contribution < 1.29 is 4.42 Å². The van der Waals surface area contributed by atoms with Crippen molar-refractivity contribution in [3.05, 3.63) is 186 Å². The van der Waals surface area contributed by atoms with Gasteiger partial charge in [-0.05, 0) is 74.8 Å². The molecule has 9 rings (SSSR count). The average Bonchev–Trinajstić information content (AvgIpc) is 3.63. The van der Waals surface area contributed by atoms with Gasteiger partial charge in [0.05, 0.1) is 11.1 Å². The van der Waals surface area contributed by atoms with Gasteiger partial charge in [0.2, 0.25) is 0 Å². The summed E-state index contributed by atoms with van der Waals surface area (Å²) in [7, 11) is 0. The van der Waals surface area contributed by atoms with Gasteiger partial charge in [-0.1, -0.05) is 127 Å². The average molecular weight is 562 g/mol. The maximum atomic E-state index is 6.87. The predicted molar refractivity (Wildman–Crippen MR) is 180 cm³/mol. The molecular formula is C42H27NO. The molecule has 8 aromatic rings. The number of nitrogens with zero attached hydrogens (tertiary/aromatic N) is 1. The molecule has 0 saturated heterocycles. The Balaban J connectivity index is 1.50. The number of fused-ring (bicyclic) bond motifs is 7. The summed E-state index contributed by atoms with van der Waals surface area (Å²) in [6.45, 7) is 0. The zero-order chi connectivity index (χ0) is 29.1. The molecule has 0 N–H and O–H groups in total. The standard InChI is InChI=1S/C42H27NO/c1-4-14-28(15-5-1)30-23-24-32-35(26-30)42(31-18-8-3-9-19-31,38-22-12-13-25-43-38)36-27-34(29-16-6-2-7-17-29)39-33-20-10-11-21-37(33)44-41(39)40(32)36/h1-27H. The van der Waals surface area contributed by atoms with Gasteiger partial charge in [-0.2, -0.15) is 0 Å². The molecule has 0 saturated carbocycles. The van der Waals surface area contributed by atoms with Crippen LogP contribution in [0.5, 0.6) is 0 Å². The first-order chi connectivity index (χ1) is 21.8. The Bertz CT molecular complexity index is 2260. The molecule has 44 heavy (non-hydrogen) atoms. The predicted octanol–water partition coefficient (Wildman–Crippen LogP) is 10.7. The zero-order valence-electron chi connectivity index (χ0n) is 23.9. The van der Waals surface area contributed by atoms with Crippen molar-refractivity contribution >= 4 is 21.9 Å². The largest absolute Gasteiger partial charge is 0.455 e. The van der Waals surface area contributed by atoms with Crippen molar-refractivity contribution in [2.75, 3.05) is 0 Å². The van der Waals surface area contributed by atoms with Crippen molar-refractivity contribution in [3.8, 4) is 33.4 Å². The number of benzene rings is 6. The Labute approximate surface area is 255 Å². The van der Waals surface area contributed by atoms with Crippen molar-refractivity contribution in [1.29, 1.82) is 0 Å². The summed E-state index contributed by atoms with van der Waals surface area (Å²) in [5, 5.41) is 2.27. The quantitative estimate of drug-likeness (QED) is 0.214. The van der Waals surface area contributed by atoms with E-state index in [-0.39, 0.29) is 0 Å². The number of hydrogen-bond acceptors (Lipinski definition) is 2. The van der Waals surface area contributed by atoms with Crippen LogP contribution in [0.3, 0.4) is 0 Å². The van der Waals surface area contributed by atoms with Crippen LogP contribution in [0.25, 0.3) is 55.3 Å². The van der Waals surface area contributed by atoms with E-state index in [9.17, 15) is 0 Å². The van der Waals surface area contributed by atoms with Gasteiger partial charge in [0.15, 0.2) is 0 Å². The van der Waals surface area contributed by atoms with E-state index >= 15 is 0 Å². The van der Waals surface area contributed by atoms with Gasteiger partial charge in [0.1, 0.15) is 11.2 Å². The minimum absolute atomic E-state index is 0.658. The molecule has 0 fully saturated rings. The van der Waals surface area contributed by atoms with Crippen LogP contribution in [-0.4, -0.2) is 4.98 Å². The molecule has 1 atom stereocenters. The fourth-order valence-corrected chi connectivity index (χ4v) is 7.34. The topological polar surface area (TPSA) is 26.0 Å². The maximum Gasteiger partial charge on any atom is 0.144 e. The zero-order valence-corrected chi connectivity index (χ0v) is 23.9. The van der Waals surface area contributed by atoms with Gasteiger partial charge < -0.3 is 4.42 Å². The SMILES string of the molecule is c1ccc(-c2ccc3c(c2)C(c2ccccc2)(c2ccccn2)c2cc(-c4ccccc4)c4c(oc5ccccc54)c2-3)cc1. The van der Waals surface area contributed by atoms with Crippen molar-refractivity contribution in [2.45, 2.75) is 5.41 Å². The highest BCUT2D eigenvalue weighted by Gasteiger charge is 2.49. The third kappa shape index (κ3) is 3.46. The molecular weight excluding hydrogens is 534 g/mol. The molecule has 0 spiro atoms. The highest BCUT2D eigenvalue weighted by Crippen LogP contribution is 2.60. The summed E-state index contributed by atoms with van der Waals surface area (Å²) in [6.07, 6.45) is 1.91. The van der Waals surface area contributed by atoms with E-state index in [2.05, 4.69) is 152 Å². The van der Waals surface area contributed by atoms with Gasteiger partial charge in [-0.3, -0.25) is 4.98 Å². The van der Waals surface area contributed by atoms with Crippen molar-refractivity contribution in [1.82, 2.24) is 4.98 Å². The van der Waals surface area contributed by atoms with Crippen LogP contribution in [0, 0.1) is 0 Å². The number of pyridine rings is 1. The summed E-state index contributed by atoms with van der Waals surface area (Å²) in [4.78, 5) is 5.10. The third-order valence-electron chi connectivity index (χ3n) is 9.19. The Morgan fingerprint density at radius 2 is 1.18 bits per heavy atom. The second-order valence-electron chi connectivity index (χ2n) is 11.5. The summed E-state index contributed by atoms with van der Waals surface area (Å²) in [6, 6.07) is 56.2. The first-order valence-electron chi connectivity index (χ1n) is 15.1. The second kappa shape index (κ2) is 9.65. The smallest absolute Gasteiger partial charge is 0.144 e. The van der Waals surface area contributed by atoms with Gasteiger partial charge >= 0.3 is 0 Å². The highest BCUT2D eigenvalue weighted by atomic mass is 16.3. The van der Waals surface area contributed by atoms with E-state index in [1.54, 1.807) is 0 Å². The molecule has 0 bridgehead atoms. The molecule has 1 aliphatic carbocycles. The first-order valence-corrected chi connectivity index (χ1v) is 15.1. The maximum absolute atomic E-state index is 6.87. The monoisotopic (exact) mass is 561 g/mol. The molecule has 1 unspecified atom stereocenters. The molecule has 0 radical (unpaired) electrons. The molecule has 1 aliphatic rings. The van der Waals surface area contributed by atoms with Gasteiger partial charge in [-0.15, -0.1) is 0 Å². The Kier molecular flexibility index (Phi) is 5.45. The Morgan fingerprint density at radius 1 is 0.500 bits per heavy atom. The van der Waals surface area contributed by atoms with Gasteiger partial charge in [0.25, 0.3) is 0 Å². The third-order valence-corrected chi connectivity index (χ3v) is 9.19. The number of rotatable bonds is 4. The Hall–Kier alpha value is -5.73. The molecule has 2 heterocycles. The van der Waals surface area contributed by atoms with Crippen LogP contribution >= 0.6 is 0 Å². The van der Waals surface area contributed by atoms with Crippen molar-refractivity contribution in [2.24, 2.45) is 0 Å². The minimum atomic E-state index is -0.658. The van der Waals surface area contributed by atoms with Crippen LogP contribution in [0.2, 0.25) is 0 Å². The molecule has 2 nitrogen and oxygen atoms in total. The van der Waals surface area contributed by atoms with Crippen LogP contribution in [0.1, 0.15) is 22.4 Å². The first kappa shape index (κ1) is 24.8. The van der Waals surface area contributed by atoms with E-state index in [4.69, 9.17) is 9.40 Å². The number of furan rings is 1. The molecule has 0 amide bonds. The van der Waals surface area contributed by atoms with E-state index in [1.807, 2.05) is 12.3 Å². The normalized spacial score (nSPS) is 15.4. The Morgan fingerprint density at radius 3 is 1.93 bits per heavy atom. The summed E-state index contributed by atoms with van der Waals surface area (Å²) in [5.41, 5.74) is 12.7. The molecule has 6 aromatic carbocycles. The van der Waals surface area contributed by atoms with Crippen molar-refractivity contribution in [3.63, 3.8) is 0 Å². The van der Waals surface area contributed by atoms with E-state index in [1.165, 1.54) is 33.4 Å². The summed E-state index contributed by atoms with van der Waals surface area (Å²) >= 11 is 0. The molecule has 0 aliphatic heterocycles. The number of para-hydroxylation sites is 1. The summed E-state index contributed by atoms with van der Waals surface area (Å²) < 4.78 is 6.87. The minimum Gasteiger partial charge on any atom is -0.455 e. The lowest BCUT2D eigenvalue weighted by atomic mass is 9.69. The molecule has 2 aromatic heterocycles. The fraction of sp³-hybridized carbons (Fsp3) is 0.0238. The second-order valence-corrected chi connectivity index (χ2v) is 11.5. The van der Waals surface area contributed by atoms with Crippen LogP contribution in [0.15, 0.2) is 168 Å². The lowest BCUT2D eigenvalue weighted by Crippen LogP contribution is -2.29. The van der Waals surface area contributed by atoms with E-state index in [0.29, 0.717) is 0 Å². The van der Waals surface area contributed by atoms with E-state index in [0.717, 1.165) is 44.3 Å². The van der Waals surface area contributed by atoms with Crippen LogP contribution in [-0.2, 0) is 5.41 Å². The fourth-order valence-electron chi connectivity index (χ4n) is 7.34. The highest BCUT2D eigenvalue weighted by molar-refractivity contribution is 6.18. The van der Waals surface area contributed by atoms with Gasteiger partial charge in [0, 0.05) is 22.5 Å². The number of hydrogen-bond donors (Lipinski definition) is 0. The number of aromatic nitrogens is 1. The molecule has 206 valence electrons.